The van der Waals surface area contributed by atoms with E-state index in [-0.39, 0.29) is 11.4 Å². The predicted molar refractivity (Wildman–Crippen MR) is 80.8 cm³/mol. The van der Waals surface area contributed by atoms with Gasteiger partial charge in [0.05, 0.1) is 5.56 Å². The van der Waals surface area contributed by atoms with Gasteiger partial charge in [-0.25, -0.2) is 9.18 Å². The van der Waals surface area contributed by atoms with Gasteiger partial charge in [-0.05, 0) is 62.4 Å². The third-order valence-corrected chi connectivity index (χ3v) is 4.49. The number of hydrogen-bond donors (Lipinski definition) is 1. The van der Waals surface area contributed by atoms with Crippen molar-refractivity contribution < 1.29 is 14.3 Å². The van der Waals surface area contributed by atoms with Gasteiger partial charge in [-0.15, -0.1) is 0 Å². The fourth-order valence-corrected chi connectivity index (χ4v) is 3.08. The standard InChI is InChI=1S/C17H24FNO2/c1-12(2)13-4-3-8-19(9-7-13)11-15-10-14(17(20)21)5-6-16(15)18/h5-6,10,12-13H,3-4,7-9,11H2,1-2H3,(H,20,21). The first kappa shape index (κ1) is 16.0. The minimum atomic E-state index is -1.01. The lowest BCUT2D eigenvalue weighted by atomic mass is 9.89. The normalized spacial score (nSPS) is 20.5. The van der Waals surface area contributed by atoms with Crippen LogP contribution in [0.1, 0.15) is 49.0 Å². The van der Waals surface area contributed by atoms with Crippen LogP contribution in [-0.2, 0) is 6.54 Å². The number of carbonyl (C=O) groups is 1. The molecule has 1 heterocycles. The van der Waals surface area contributed by atoms with Crippen molar-refractivity contribution in [2.75, 3.05) is 13.1 Å². The highest BCUT2D eigenvalue weighted by atomic mass is 19.1. The third kappa shape index (κ3) is 4.27. The summed E-state index contributed by atoms with van der Waals surface area (Å²) in [5, 5.41) is 9.01. The highest BCUT2D eigenvalue weighted by Crippen LogP contribution is 2.25. The molecule has 0 aromatic heterocycles. The Labute approximate surface area is 125 Å². The van der Waals surface area contributed by atoms with E-state index in [0.717, 1.165) is 31.8 Å². The molecule has 1 aromatic rings. The smallest absolute Gasteiger partial charge is 0.335 e. The van der Waals surface area contributed by atoms with Gasteiger partial charge >= 0.3 is 5.97 Å². The van der Waals surface area contributed by atoms with Crippen LogP contribution < -0.4 is 0 Å². The molecule has 1 atom stereocenters. The molecule has 3 nitrogen and oxygen atoms in total. The van der Waals surface area contributed by atoms with Crippen molar-refractivity contribution in [3.8, 4) is 0 Å². The second-order valence-corrected chi connectivity index (χ2v) is 6.32. The van der Waals surface area contributed by atoms with E-state index in [1.165, 1.54) is 24.6 Å². The van der Waals surface area contributed by atoms with Crippen molar-refractivity contribution in [2.45, 2.75) is 39.7 Å². The Hall–Kier alpha value is -1.42. The molecular weight excluding hydrogens is 269 g/mol. The van der Waals surface area contributed by atoms with Crippen LogP contribution in [-0.4, -0.2) is 29.1 Å². The number of benzene rings is 1. The van der Waals surface area contributed by atoms with E-state index >= 15 is 0 Å². The predicted octanol–water partition coefficient (Wildman–Crippen LogP) is 3.78. The Morgan fingerprint density at radius 3 is 2.81 bits per heavy atom. The molecule has 0 bridgehead atoms. The molecule has 116 valence electrons. The summed E-state index contributed by atoms with van der Waals surface area (Å²) in [6.45, 7) is 6.93. The van der Waals surface area contributed by atoms with Crippen LogP contribution in [0, 0.1) is 17.7 Å². The van der Waals surface area contributed by atoms with Crippen LogP contribution in [0.5, 0.6) is 0 Å². The van der Waals surface area contributed by atoms with Gasteiger partial charge in [-0.1, -0.05) is 13.8 Å². The third-order valence-electron chi connectivity index (χ3n) is 4.49. The van der Waals surface area contributed by atoms with Crippen LogP contribution in [0.25, 0.3) is 0 Å². The quantitative estimate of drug-likeness (QED) is 0.918. The van der Waals surface area contributed by atoms with Gasteiger partial charge < -0.3 is 5.11 Å². The van der Waals surface area contributed by atoms with Gasteiger partial charge in [0.1, 0.15) is 5.82 Å². The van der Waals surface area contributed by atoms with Gasteiger partial charge in [-0.2, -0.15) is 0 Å². The molecule has 0 amide bonds. The largest absolute Gasteiger partial charge is 0.478 e. The molecule has 2 rings (SSSR count). The molecule has 0 saturated carbocycles. The summed E-state index contributed by atoms with van der Waals surface area (Å²) in [6, 6.07) is 4.04. The Bertz CT molecular complexity index is 502. The van der Waals surface area contributed by atoms with E-state index < -0.39 is 5.97 Å². The maximum Gasteiger partial charge on any atom is 0.335 e. The SMILES string of the molecule is CC(C)C1CCCN(Cc2cc(C(=O)O)ccc2F)CC1. The van der Waals surface area contributed by atoms with Gasteiger partial charge in [0, 0.05) is 12.1 Å². The number of carboxylic acid groups (broad SMARTS) is 1. The number of hydrogen-bond acceptors (Lipinski definition) is 2. The van der Waals surface area contributed by atoms with E-state index in [9.17, 15) is 9.18 Å². The van der Waals surface area contributed by atoms with Crippen LogP contribution in [0.3, 0.4) is 0 Å². The van der Waals surface area contributed by atoms with Crippen LogP contribution >= 0.6 is 0 Å². The molecule has 1 aliphatic rings. The molecule has 1 saturated heterocycles. The Morgan fingerprint density at radius 1 is 1.38 bits per heavy atom. The minimum Gasteiger partial charge on any atom is -0.478 e. The van der Waals surface area contributed by atoms with Crippen molar-refractivity contribution in [3.63, 3.8) is 0 Å². The van der Waals surface area contributed by atoms with Crippen molar-refractivity contribution in [3.05, 3.63) is 35.1 Å². The molecule has 1 N–H and O–H groups in total. The number of nitrogens with zero attached hydrogens (tertiary/aromatic N) is 1. The fourth-order valence-electron chi connectivity index (χ4n) is 3.08. The number of likely N-dealkylation sites (tertiary alicyclic amines) is 1. The first-order chi connectivity index (χ1) is 9.97. The van der Waals surface area contributed by atoms with E-state index in [0.29, 0.717) is 18.0 Å². The Balaban J connectivity index is 2.04. The molecule has 21 heavy (non-hydrogen) atoms. The lowest BCUT2D eigenvalue weighted by Crippen LogP contribution is -2.25. The number of rotatable bonds is 4. The van der Waals surface area contributed by atoms with Gasteiger partial charge in [0.2, 0.25) is 0 Å². The molecule has 1 unspecified atom stereocenters. The molecular formula is C17H24FNO2. The molecule has 0 radical (unpaired) electrons. The highest BCUT2D eigenvalue weighted by molar-refractivity contribution is 5.87. The molecule has 0 aliphatic carbocycles. The second kappa shape index (κ2) is 7.03. The summed E-state index contributed by atoms with van der Waals surface area (Å²) in [5.41, 5.74) is 0.638. The fraction of sp³-hybridized carbons (Fsp3) is 0.588. The first-order valence-corrected chi connectivity index (χ1v) is 7.71. The van der Waals surface area contributed by atoms with Crippen LogP contribution in [0.15, 0.2) is 18.2 Å². The average molecular weight is 293 g/mol. The zero-order valence-corrected chi connectivity index (χ0v) is 12.8. The summed E-state index contributed by atoms with van der Waals surface area (Å²) in [5.74, 6) is 0.110. The zero-order chi connectivity index (χ0) is 15.4. The zero-order valence-electron chi connectivity index (χ0n) is 12.8. The summed E-state index contributed by atoms with van der Waals surface area (Å²) in [6.07, 6.45) is 3.49. The lowest BCUT2D eigenvalue weighted by molar-refractivity contribution is 0.0696. The number of carboxylic acids is 1. The topological polar surface area (TPSA) is 40.5 Å². The van der Waals surface area contributed by atoms with E-state index in [1.54, 1.807) is 0 Å². The van der Waals surface area contributed by atoms with Gasteiger partial charge in [0.15, 0.2) is 0 Å². The summed E-state index contributed by atoms with van der Waals surface area (Å²) in [4.78, 5) is 13.2. The number of aromatic carboxylic acids is 1. The van der Waals surface area contributed by atoms with Gasteiger partial charge in [0.25, 0.3) is 0 Å². The molecule has 0 spiro atoms. The average Bonchev–Trinajstić information content (AvgIpc) is 2.66. The minimum absolute atomic E-state index is 0.154. The second-order valence-electron chi connectivity index (χ2n) is 6.32. The molecule has 1 aliphatic heterocycles. The summed E-state index contributed by atoms with van der Waals surface area (Å²) < 4.78 is 13.9. The lowest BCUT2D eigenvalue weighted by Gasteiger charge is -2.21. The Morgan fingerprint density at radius 2 is 2.14 bits per heavy atom. The summed E-state index contributed by atoms with van der Waals surface area (Å²) >= 11 is 0. The number of halogens is 1. The van der Waals surface area contributed by atoms with E-state index in [4.69, 9.17) is 5.11 Å². The van der Waals surface area contributed by atoms with Crippen LogP contribution in [0.4, 0.5) is 4.39 Å². The Kier molecular flexibility index (Phi) is 5.34. The van der Waals surface area contributed by atoms with Crippen molar-refractivity contribution >= 4 is 5.97 Å². The van der Waals surface area contributed by atoms with E-state index in [2.05, 4.69) is 18.7 Å². The monoisotopic (exact) mass is 293 g/mol. The highest BCUT2D eigenvalue weighted by Gasteiger charge is 2.20. The van der Waals surface area contributed by atoms with Crippen molar-refractivity contribution in [2.24, 2.45) is 11.8 Å². The summed E-state index contributed by atoms with van der Waals surface area (Å²) in [7, 11) is 0. The van der Waals surface area contributed by atoms with Crippen molar-refractivity contribution in [1.82, 2.24) is 4.90 Å². The first-order valence-electron chi connectivity index (χ1n) is 7.71. The molecule has 1 aromatic carbocycles. The van der Waals surface area contributed by atoms with E-state index in [1.807, 2.05) is 0 Å². The van der Waals surface area contributed by atoms with Gasteiger partial charge in [-0.3, -0.25) is 4.90 Å². The maximum atomic E-state index is 13.9. The van der Waals surface area contributed by atoms with Crippen molar-refractivity contribution in [1.29, 1.82) is 0 Å². The maximum absolute atomic E-state index is 13.9. The molecule has 1 fully saturated rings. The molecule has 4 heteroatoms. The van der Waals surface area contributed by atoms with Crippen LogP contribution in [0.2, 0.25) is 0 Å².